The van der Waals surface area contributed by atoms with Gasteiger partial charge in [-0.2, -0.15) is 0 Å². The van der Waals surface area contributed by atoms with E-state index in [0.717, 1.165) is 24.2 Å². The Bertz CT molecular complexity index is 924. The number of rotatable bonds is 6. The lowest BCUT2D eigenvalue weighted by atomic mass is 10.1. The van der Waals surface area contributed by atoms with Crippen molar-refractivity contribution in [2.75, 3.05) is 4.90 Å². The van der Waals surface area contributed by atoms with E-state index in [1.807, 2.05) is 11.4 Å². The first-order chi connectivity index (χ1) is 12.0. The van der Waals surface area contributed by atoms with Crippen molar-refractivity contribution in [3.05, 3.63) is 57.0 Å². The van der Waals surface area contributed by atoms with E-state index < -0.39 is 0 Å². The van der Waals surface area contributed by atoms with Crippen LogP contribution >= 0.6 is 11.3 Å². The van der Waals surface area contributed by atoms with E-state index in [1.165, 1.54) is 28.2 Å². The molecule has 0 saturated carbocycles. The number of nitrogens with zero attached hydrogens (tertiary/aromatic N) is 2. The minimum atomic E-state index is -0.0421. The maximum absolute atomic E-state index is 12.3. The number of anilines is 1. The average Bonchev–Trinajstić information content (AvgIpc) is 3.07. The zero-order valence-corrected chi connectivity index (χ0v) is 16.1. The summed E-state index contributed by atoms with van der Waals surface area (Å²) in [5.41, 5.74) is 4.50. The lowest BCUT2D eigenvalue weighted by molar-refractivity contribution is 0.547. The third kappa shape index (κ3) is 3.61. The van der Waals surface area contributed by atoms with E-state index in [9.17, 15) is 4.79 Å². The lowest BCUT2D eigenvalue weighted by Crippen LogP contribution is -2.35. The first kappa shape index (κ1) is 17.7. The molecular formula is C20H25N3OS. The van der Waals surface area contributed by atoms with Gasteiger partial charge < -0.3 is 9.88 Å². The maximum Gasteiger partial charge on any atom is 0.268 e. The Morgan fingerprint density at radius 2 is 1.92 bits per heavy atom. The van der Waals surface area contributed by atoms with Gasteiger partial charge in [0.15, 0.2) is 0 Å². The van der Waals surface area contributed by atoms with Gasteiger partial charge in [0.25, 0.3) is 5.56 Å². The number of aromatic nitrogens is 2. The van der Waals surface area contributed by atoms with Crippen LogP contribution in [-0.4, -0.2) is 16.0 Å². The van der Waals surface area contributed by atoms with E-state index in [-0.39, 0.29) is 5.56 Å². The molecule has 0 saturated heterocycles. The molecule has 1 N–H and O–H groups in total. The van der Waals surface area contributed by atoms with E-state index in [2.05, 4.69) is 60.8 Å². The molecule has 2 heterocycles. The Kier molecular flexibility index (Phi) is 5.23. The van der Waals surface area contributed by atoms with Gasteiger partial charge in [-0.05, 0) is 61.4 Å². The summed E-state index contributed by atoms with van der Waals surface area (Å²) in [6.07, 6.45) is 2.10. The molecule has 3 aromatic rings. The number of benzene rings is 1. The summed E-state index contributed by atoms with van der Waals surface area (Å²) >= 11 is 1.44. The molecule has 0 fully saturated rings. The van der Waals surface area contributed by atoms with Crippen molar-refractivity contribution in [2.45, 2.75) is 53.1 Å². The van der Waals surface area contributed by atoms with Gasteiger partial charge in [0.05, 0.1) is 12.1 Å². The highest BCUT2D eigenvalue weighted by atomic mass is 32.1. The number of nitrogens with one attached hydrogen (secondary N) is 1. The van der Waals surface area contributed by atoms with E-state index in [4.69, 9.17) is 0 Å². The standard InChI is InChI=1S/C20H25N3OS/c1-5-15(6-2)23(16-8-7-13(3)14(4)11-16)12-18-21-17-9-10-25-19(17)20(24)22-18/h7-11,15H,5-6,12H2,1-4H3,(H,21,22,24). The fourth-order valence-corrected chi connectivity index (χ4v) is 3.95. The predicted molar refractivity (Wildman–Crippen MR) is 107 cm³/mol. The fraction of sp³-hybridized carbons (Fsp3) is 0.400. The molecule has 0 aliphatic heterocycles. The molecule has 132 valence electrons. The molecule has 0 amide bonds. The van der Waals surface area contributed by atoms with Crippen molar-refractivity contribution < 1.29 is 0 Å². The second-order valence-corrected chi connectivity index (χ2v) is 7.43. The van der Waals surface area contributed by atoms with Gasteiger partial charge in [0.2, 0.25) is 0 Å². The Morgan fingerprint density at radius 1 is 1.16 bits per heavy atom. The van der Waals surface area contributed by atoms with Gasteiger partial charge >= 0.3 is 0 Å². The Hall–Kier alpha value is -2.14. The second-order valence-electron chi connectivity index (χ2n) is 6.51. The van der Waals surface area contributed by atoms with Crippen LogP contribution in [0.5, 0.6) is 0 Å². The number of fused-ring (bicyclic) bond motifs is 1. The molecule has 0 atom stereocenters. The molecule has 4 nitrogen and oxygen atoms in total. The van der Waals surface area contributed by atoms with E-state index in [1.54, 1.807) is 0 Å². The smallest absolute Gasteiger partial charge is 0.268 e. The van der Waals surface area contributed by atoms with Crippen molar-refractivity contribution in [1.82, 2.24) is 9.97 Å². The van der Waals surface area contributed by atoms with Crippen molar-refractivity contribution in [1.29, 1.82) is 0 Å². The molecule has 25 heavy (non-hydrogen) atoms. The fourth-order valence-electron chi connectivity index (χ4n) is 3.22. The highest BCUT2D eigenvalue weighted by Gasteiger charge is 2.18. The van der Waals surface area contributed by atoms with Gasteiger partial charge in [0.1, 0.15) is 10.5 Å². The number of hydrogen-bond acceptors (Lipinski definition) is 4. The number of H-pyrrole nitrogens is 1. The predicted octanol–water partition coefficient (Wildman–Crippen LogP) is 4.80. The van der Waals surface area contributed by atoms with Gasteiger partial charge in [-0.3, -0.25) is 4.79 Å². The number of aryl methyl sites for hydroxylation is 2. The van der Waals surface area contributed by atoms with Crippen molar-refractivity contribution in [3.63, 3.8) is 0 Å². The van der Waals surface area contributed by atoms with Gasteiger partial charge in [-0.1, -0.05) is 19.9 Å². The lowest BCUT2D eigenvalue weighted by Gasteiger charge is -2.32. The zero-order chi connectivity index (χ0) is 18.0. The number of hydrogen-bond donors (Lipinski definition) is 1. The van der Waals surface area contributed by atoms with Gasteiger partial charge in [-0.15, -0.1) is 11.3 Å². The minimum Gasteiger partial charge on any atom is -0.361 e. The first-order valence-corrected chi connectivity index (χ1v) is 9.71. The molecule has 0 unspecified atom stereocenters. The quantitative estimate of drug-likeness (QED) is 0.691. The minimum absolute atomic E-state index is 0.0421. The van der Waals surface area contributed by atoms with Crippen molar-refractivity contribution in [2.24, 2.45) is 0 Å². The third-order valence-corrected chi connectivity index (χ3v) is 5.79. The molecular weight excluding hydrogens is 330 g/mol. The van der Waals surface area contributed by atoms with Crippen LogP contribution in [-0.2, 0) is 6.54 Å². The van der Waals surface area contributed by atoms with Crippen LogP contribution in [0, 0.1) is 13.8 Å². The van der Waals surface area contributed by atoms with Crippen molar-refractivity contribution in [3.8, 4) is 0 Å². The summed E-state index contributed by atoms with van der Waals surface area (Å²) in [4.78, 5) is 22.3. The van der Waals surface area contributed by atoms with Crippen LogP contribution < -0.4 is 10.5 Å². The third-order valence-electron chi connectivity index (χ3n) is 4.89. The largest absolute Gasteiger partial charge is 0.361 e. The molecule has 2 aromatic heterocycles. The van der Waals surface area contributed by atoms with Crippen LogP contribution in [0.1, 0.15) is 43.6 Å². The number of thiophene rings is 1. The van der Waals surface area contributed by atoms with Crippen LogP contribution in [0.4, 0.5) is 5.69 Å². The number of aromatic amines is 1. The van der Waals surface area contributed by atoms with E-state index >= 15 is 0 Å². The van der Waals surface area contributed by atoms with Gasteiger partial charge in [0, 0.05) is 11.7 Å². The molecule has 3 rings (SSSR count). The summed E-state index contributed by atoms with van der Waals surface area (Å²) < 4.78 is 0.698. The summed E-state index contributed by atoms with van der Waals surface area (Å²) in [7, 11) is 0. The molecule has 0 spiro atoms. The van der Waals surface area contributed by atoms with Crippen LogP contribution in [0.25, 0.3) is 10.2 Å². The Balaban J connectivity index is 2.01. The summed E-state index contributed by atoms with van der Waals surface area (Å²) in [6, 6.07) is 8.89. The SMILES string of the molecule is CCC(CC)N(Cc1nc2ccsc2c(=O)[nH]1)c1ccc(C)c(C)c1. The Labute approximate surface area is 152 Å². The van der Waals surface area contributed by atoms with E-state index in [0.29, 0.717) is 17.3 Å². The average molecular weight is 356 g/mol. The zero-order valence-electron chi connectivity index (χ0n) is 15.3. The normalized spacial score (nSPS) is 11.4. The summed E-state index contributed by atoms with van der Waals surface area (Å²) in [5.74, 6) is 0.723. The Morgan fingerprint density at radius 3 is 2.60 bits per heavy atom. The monoisotopic (exact) mass is 355 g/mol. The molecule has 0 aliphatic rings. The van der Waals surface area contributed by atoms with Gasteiger partial charge in [-0.25, -0.2) is 4.98 Å². The molecule has 0 radical (unpaired) electrons. The second kappa shape index (κ2) is 7.40. The van der Waals surface area contributed by atoms with Crippen LogP contribution in [0.15, 0.2) is 34.4 Å². The topological polar surface area (TPSA) is 49.0 Å². The van der Waals surface area contributed by atoms with Crippen molar-refractivity contribution >= 4 is 27.2 Å². The molecule has 1 aromatic carbocycles. The maximum atomic E-state index is 12.3. The summed E-state index contributed by atoms with van der Waals surface area (Å²) in [6.45, 7) is 9.29. The van der Waals surface area contributed by atoms with Crippen LogP contribution in [0.2, 0.25) is 0 Å². The highest BCUT2D eigenvalue weighted by molar-refractivity contribution is 7.17. The highest BCUT2D eigenvalue weighted by Crippen LogP contribution is 2.25. The molecule has 0 bridgehead atoms. The first-order valence-electron chi connectivity index (χ1n) is 8.83. The summed E-state index contributed by atoms with van der Waals surface area (Å²) in [5, 5.41) is 1.92. The molecule has 5 heteroatoms. The van der Waals surface area contributed by atoms with Crippen LogP contribution in [0.3, 0.4) is 0 Å². The molecule has 0 aliphatic carbocycles.